The van der Waals surface area contributed by atoms with E-state index in [0.717, 1.165) is 57.9 Å². The van der Waals surface area contributed by atoms with Crippen LogP contribution in [0.25, 0.3) is 0 Å². The number of benzene rings is 1. The number of carbonyl (C=O) groups is 10. The average Bonchev–Trinajstić information content (AvgIpc) is 2.96. The summed E-state index contributed by atoms with van der Waals surface area (Å²) in [5.74, 6) is -6.19. The molecule has 9 N–H and O–H groups in total. The maximum Gasteiger partial charge on any atom is 0.254 e. The zero-order valence-corrected chi connectivity index (χ0v) is 52.8. The van der Waals surface area contributed by atoms with Gasteiger partial charge in [0.25, 0.3) is 5.91 Å². The lowest BCUT2D eigenvalue weighted by molar-refractivity contribution is -0.139. The molecule has 5 atom stereocenters. The van der Waals surface area contributed by atoms with Crippen LogP contribution in [-0.4, -0.2) is 155 Å². The summed E-state index contributed by atoms with van der Waals surface area (Å²) in [6.45, 7) is 21.1. The molecule has 1 aliphatic heterocycles. The molecule has 0 spiro atoms. The molecule has 3 fully saturated rings. The van der Waals surface area contributed by atoms with E-state index in [0.29, 0.717) is 31.7 Å². The second-order valence-electron chi connectivity index (χ2n) is 27.1. The molecule has 1 saturated heterocycles. The van der Waals surface area contributed by atoms with Gasteiger partial charge >= 0.3 is 0 Å². The molecule has 22 heteroatoms. The third kappa shape index (κ3) is 21.7. The topological polar surface area (TPSA) is 285 Å². The molecule has 5 unspecified atom stereocenters. The van der Waals surface area contributed by atoms with E-state index in [9.17, 15) is 52.3 Å². The molecule has 21 nitrogen and oxygen atoms in total. The first-order chi connectivity index (χ1) is 39.1. The third-order valence-electron chi connectivity index (χ3n) is 16.1. The summed E-state index contributed by atoms with van der Waals surface area (Å²) >= 11 is 0. The molecule has 0 radical (unpaired) electrons. The standard InChI is InChI=1S/C62H102FN11O10/c1-38(2)34-45(51(77)67-47(36-40(5)6)53(79)71-61(11,12)58(84)72-59(7,8)56(82)64-32-29-49(75)69-62(30-19-31-62)37-73(13)14)68-57(83)60(9,10)70-52(78)46(35-39(3)4)66-50(76)44(28-23-41-20-16-15-17-21-41)65-54(80)48-22-18-33-74(48)55(81)42-24-26-43(63)27-25-42/h24-27,38-41,44-48H,15-23,28-37H2,1-14H3,(H,64,82)(H,65,80)(H,66,76)(H,67,77)(H,68,83)(H,69,75)(H,70,78)(H,71,79)(H,72,84). The van der Waals surface area contributed by atoms with Gasteiger partial charge in [-0.1, -0.05) is 73.6 Å². The normalized spacial score (nSPS) is 17.9. The summed E-state index contributed by atoms with van der Waals surface area (Å²) in [7, 11) is 3.91. The van der Waals surface area contributed by atoms with Crippen LogP contribution in [0.2, 0.25) is 0 Å². The lowest BCUT2D eigenvalue weighted by atomic mass is 9.76. The number of likely N-dealkylation sites (N-methyl/N-ethyl adjacent to an activating group) is 1. The Balaban J connectivity index is 1.42. The molecule has 0 aromatic heterocycles. The number of carbonyl (C=O) groups excluding carboxylic acids is 10. The lowest BCUT2D eigenvalue weighted by Gasteiger charge is -2.44. The van der Waals surface area contributed by atoms with Gasteiger partial charge in [-0.2, -0.15) is 0 Å². The molecule has 3 aliphatic rings. The van der Waals surface area contributed by atoms with E-state index in [-0.39, 0.29) is 73.4 Å². The summed E-state index contributed by atoms with van der Waals surface area (Å²) < 4.78 is 13.7. The van der Waals surface area contributed by atoms with Gasteiger partial charge in [0.15, 0.2) is 0 Å². The summed E-state index contributed by atoms with van der Waals surface area (Å²) in [6.07, 6.45) is 10.5. The van der Waals surface area contributed by atoms with Crippen molar-refractivity contribution in [3.8, 4) is 0 Å². The van der Waals surface area contributed by atoms with E-state index in [4.69, 9.17) is 0 Å². The fourth-order valence-corrected chi connectivity index (χ4v) is 11.2. The van der Waals surface area contributed by atoms with E-state index in [1.165, 1.54) is 70.7 Å². The maximum atomic E-state index is 14.4. The second kappa shape index (κ2) is 31.3. The van der Waals surface area contributed by atoms with Crippen molar-refractivity contribution < 1.29 is 52.3 Å². The van der Waals surface area contributed by atoms with Crippen molar-refractivity contribution >= 4 is 59.1 Å². The van der Waals surface area contributed by atoms with Crippen LogP contribution in [0.15, 0.2) is 24.3 Å². The average molecular weight is 1180 g/mol. The van der Waals surface area contributed by atoms with Crippen LogP contribution in [0.3, 0.4) is 0 Å². The Morgan fingerprint density at radius 2 is 1.10 bits per heavy atom. The summed E-state index contributed by atoms with van der Waals surface area (Å²) in [5, 5.41) is 25.5. The van der Waals surface area contributed by atoms with Crippen molar-refractivity contribution in [3.63, 3.8) is 0 Å². The fourth-order valence-electron chi connectivity index (χ4n) is 11.2. The Hall–Kier alpha value is -6.19. The zero-order valence-electron chi connectivity index (χ0n) is 52.8. The minimum absolute atomic E-state index is 0.0438. The quantitative estimate of drug-likeness (QED) is 0.0493. The Bertz CT molecular complexity index is 2450. The lowest BCUT2D eigenvalue weighted by Crippen LogP contribution is -2.65. The van der Waals surface area contributed by atoms with Crippen LogP contribution in [0.5, 0.6) is 0 Å². The van der Waals surface area contributed by atoms with Gasteiger partial charge < -0.3 is 57.7 Å². The van der Waals surface area contributed by atoms with Crippen LogP contribution in [0, 0.1) is 29.5 Å². The molecule has 84 heavy (non-hydrogen) atoms. The number of nitrogens with one attached hydrogen (secondary N) is 9. The predicted octanol–water partition coefficient (Wildman–Crippen LogP) is 4.66. The highest BCUT2D eigenvalue weighted by atomic mass is 19.1. The maximum absolute atomic E-state index is 14.4. The first-order valence-corrected chi connectivity index (χ1v) is 30.6. The van der Waals surface area contributed by atoms with Gasteiger partial charge in [0.05, 0.1) is 5.54 Å². The molecule has 2 saturated carbocycles. The van der Waals surface area contributed by atoms with Gasteiger partial charge in [0.2, 0.25) is 53.2 Å². The Kier molecular flexibility index (Phi) is 26.2. The summed E-state index contributed by atoms with van der Waals surface area (Å²) in [6, 6.07) is -0.310. The van der Waals surface area contributed by atoms with Gasteiger partial charge in [0, 0.05) is 31.6 Å². The SMILES string of the molecule is CC(C)CC(NC(=O)C(CCC1CCCCC1)NC(=O)C1CCCN1C(=O)c1ccc(F)cc1)C(=O)NC(C)(C)C(=O)NC(CC(C)C)C(=O)NC(CC(C)C)C(=O)NC(C)(C)C(=O)NC(C)(C)C(=O)NCCC(=O)NC1(CN(C)C)CCC1. The number of hydrogen-bond donors (Lipinski definition) is 9. The van der Waals surface area contributed by atoms with Gasteiger partial charge in [-0.3, -0.25) is 47.9 Å². The molecule has 472 valence electrons. The molecule has 10 amide bonds. The molecule has 0 bridgehead atoms. The van der Waals surface area contributed by atoms with Crippen LogP contribution in [0.1, 0.15) is 196 Å². The number of rotatable bonds is 31. The Morgan fingerprint density at radius 3 is 1.60 bits per heavy atom. The van der Waals surface area contributed by atoms with E-state index >= 15 is 0 Å². The summed E-state index contributed by atoms with van der Waals surface area (Å²) in [4.78, 5) is 143. The van der Waals surface area contributed by atoms with Gasteiger partial charge in [-0.05, 0) is 168 Å². The van der Waals surface area contributed by atoms with Crippen molar-refractivity contribution in [2.24, 2.45) is 23.7 Å². The van der Waals surface area contributed by atoms with E-state index < -0.39 is 106 Å². The van der Waals surface area contributed by atoms with Crippen LogP contribution in [-0.2, 0) is 43.2 Å². The first-order valence-electron chi connectivity index (χ1n) is 30.6. The van der Waals surface area contributed by atoms with Crippen molar-refractivity contribution in [3.05, 3.63) is 35.6 Å². The van der Waals surface area contributed by atoms with E-state index in [1.54, 1.807) is 0 Å². The Labute approximate surface area is 498 Å². The van der Waals surface area contributed by atoms with E-state index in [2.05, 4.69) is 47.9 Å². The van der Waals surface area contributed by atoms with Gasteiger partial charge in [0.1, 0.15) is 52.6 Å². The number of halogens is 1. The second-order valence-corrected chi connectivity index (χ2v) is 27.1. The van der Waals surface area contributed by atoms with Crippen LogP contribution < -0.4 is 47.9 Å². The zero-order chi connectivity index (χ0) is 62.9. The largest absolute Gasteiger partial charge is 0.354 e. The number of amides is 10. The molecule has 4 rings (SSSR count). The van der Waals surface area contributed by atoms with Crippen molar-refractivity contribution in [2.75, 3.05) is 33.7 Å². The highest BCUT2D eigenvalue weighted by Gasteiger charge is 2.43. The number of nitrogens with zero attached hydrogens (tertiary/aromatic N) is 2. The molecule has 2 aliphatic carbocycles. The Morgan fingerprint density at radius 1 is 0.595 bits per heavy atom. The molecule has 1 aromatic carbocycles. The molecular weight excluding hydrogens is 1080 g/mol. The smallest absolute Gasteiger partial charge is 0.254 e. The fraction of sp³-hybridized carbons (Fsp3) is 0.742. The monoisotopic (exact) mass is 1180 g/mol. The van der Waals surface area contributed by atoms with Crippen LogP contribution >= 0.6 is 0 Å². The molecular formula is C62H102FN11O10. The van der Waals surface area contributed by atoms with Gasteiger partial charge in [-0.25, -0.2) is 4.39 Å². The van der Waals surface area contributed by atoms with E-state index in [1.807, 2.05) is 60.5 Å². The molecule has 1 aromatic rings. The molecule has 1 heterocycles. The van der Waals surface area contributed by atoms with Crippen molar-refractivity contribution in [1.82, 2.24) is 57.7 Å². The minimum atomic E-state index is -1.65. The number of hydrogen-bond acceptors (Lipinski definition) is 11. The summed E-state index contributed by atoms with van der Waals surface area (Å²) in [5.41, 5.74) is -4.73. The van der Waals surface area contributed by atoms with Crippen LogP contribution in [0.4, 0.5) is 4.39 Å². The number of likely N-dealkylation sites (tertiary alicyclic amines) is 1. The highest BCUT2D eigenvalue weighted by molar-refractivity contribution is 6.01. The third-order valence-corrected chi connectivity index (χ3v) is 16.1. The predicted molar refractivity (Wildman–Crippen MR) is 320 cm³/mol. The highest BCUT2D eigenvalue weighted by Crippen LogP contribution is 2.33. The first kappa shape index (κ1) is 70.3. The van der Waals surface area contributed by atoms with Crippen molar-refractivity contribution in [2.45, 2.75) is 238 Å². The van der Waals surface area contributed by atoms with Crippen molar-refractivity contribution in [1.29, 1.82) is 0 Å². The minimum Gasteiger partial charge on any atom is -0.354 e. The van der Waals surface area contributed by atoms with Gasteiger partial charge in [-0.15, -0.1) is 0 Å².